The van der Waals surface area contributed by atoms with Gasteiger partial charge in [-0.3, -0.25) is 9.59 Å². The predicted molar refractivity (Wildman–Crippen MR) is 75.2 cm³/mol. The summed E-state index contributed by atoms with van der Waals surface area (Å²) in [6.45, 7) is 0.168. The molecular formula is C15H16N2O4. The van der Waals surface area contributed by atoms with Gasteiger partial charge in [-0.1, -0.05) is 0 Å². The minimum absolute atomic E-state index is 0.168. The molecule has 0 aromatic carbocycles. The zero-order valence-electron chi connectivity index (χ0n) is 11.4. The molecule has 0 unspecified atom stereocenters. The van der Waals surface area contributed by atoms with Gasteiger partial charge in [0.2, 0.25) is 0 Å². The molecule has 2 aromatic rings. The van der Waals surface area contributed by atoms with E-state index < -0.39 is 11.5 Å². The van der Waals surface area contributed by atoms with Crippen molar-refractivity contribution in [1.29, 1.82) is 0 Å². The van der Waals surface area contributed by atoms with Crippen LogP contribution in [0.3, 0.4) is 0 Å². The molecule has 1 aliphatic carbocycles. The van der Waals surface area contributed by atoms with Crippen molar-refractivity contribution in [3.63, 3.8) is 0 Å². The lowest BCUT2D eigenvalue weighted by Gasteiger charge is -2.18. The van der Waals surface area contributed by atoms with Gasteiger partial charge in [-0.05, 0) is 37.8 Å². The summed E-state index contributed by atoms with van der Waals surface area (Å²) in [5.74, 6) is -0.207. The highest BCUT2D eigenvalue weighted by Crippen LogP contribution is 2.28. The molecule has 21 heavy (non-hydrogen) atoms. The molecule has 2 heterocycles. The van der Waals surface area contributed by atoms with Gasteiger partial charge < -0.3 is 19.8 Å². The largest absolute Gasteiger partial charge is 0.507 e. The minimum atomic E-state index is -0.599. The van der Waals surface area contributed by atoms with Crippen molar-refractivity contribution in [2.75, 3.05) is 0 Å². The van der Waals surface area contributed by atoms with Crippen LogP contribution in [0.25, 0.3) is 0 Å². The predicted octanol–water partition coefficient (Wildman–Crippen LogP) is 1.48. The number of H-pyrrole nitrogens is 1. The van der Waals surface area contributed by atoms with Crippen LogP contribution in [0.15, 0.2) is 27.6 Å². The molecule has 110 valence electrons. The van der Waals surface area contributed by atoms with Crippen LogP contribution < -0.4 is 10.9 Å². The number of hydrogen-bond acceptors (Lipinski definition) is 4. The summed E-state index contributed by atoms with van der Waals surface area (Å²) in [5, 5.41) is 12.8. The normalized spacial score (nSPS) is 13.7. The molecule has 0 atom stereocenters. The fraction of sp³-hybridized carbons (Fsp3) is 0.333. The number of furan rings is 1. The lowest BCUT2D eigenvalue weighted by atomic mass is 9.93. The summed E-state index contributed by atoms with van der Waals surface area (Å²) >= 11 is 0. The Bertz CT molecular complexity index is 716. The first kappa shape index (κ1) is 13.5. The summed E-state index contributed by atoms with van der Waals surface area (Å²) in [5.41, 5.74) is 0.655. The summed E-state index contributed by atoms with van der Waals surface area (Å²) in [6, 6.07) is 3.43. The maximum Gasteiger partial charge on any atom is 0.264 e. The molecule has 0 saturated heterocycles. The molecule has 2 aromatic heterocycles. The Morgan fingerprint density at radius 3 is 2.95 bits per heavy atom. The van der Waals surface area contributed by atoms with Crippen LogP contribution in [0.1, 0.15) is 40.2 Å². The topological polar surface area (TPSA) is 95.3 Å². The maximum absolute atomic E-state index is 12.1. The van der Waals surface area contributed by atoms with Crippen molar-refractivity contribution in [2.45, 2.75) is 32.2 Å². The fourth-order valence-corrected chi connectivity index (χ4v) is 2.64. The molecule has 1 amide bonds. The average molecular weight is 288 g/mol. The van der Waals surface area contributed by atoms with Crippen LogP contribution in [0.5, 0.6) is 5.75 Å². The number of fused-ring (bicyclic) bond motifs is 1. The van der Waals surface area contributed by atoms with Gasteiger partial charge in [0.25, 0.3) is 11.5 Å². The number of carbonyl (C=O) groups excluding carboxylic acids is 1. The Morgan fingerprint density at radius 1 is 1.38 bits per heavy atom. The molecular weight excluding hydrogens is 272 g/mol. The number of aromatic hydroxyl groups is 1. The first-order chi connectivity index (χ1) is 10.2. The minimum Gasteiger partial charge on any atom is -0.507 e. The third-order valence-corrected chi connectivity index (χ3v) is 3.71. The van der Waals surface area contributed by atoms with E-state index in [1.807, 2.05) is 0 Å². The van der Waals surface area contributed by atoms with E-state index in [-0.39, 0.29) is 17.9 Å². The van der Waals surface area contributed by atoms with Crippen molar-refractivity contribution < 1.29 is 14.3 Å². The van der Waals surface area contributed by atoms with Crippen LogP contribution in [-0.2, 0) is 19.4 Å². The van der Waals surface area contributed by atoms with Gasteiger partial charge in [0.15, 0.2) is 0 Å². The molecule has 0 bridgehead atoms. The number of nitrogens with one attached hydrogen (secondary N) is 2. The summed E-state index contributed by atoms with van der Waals surface area (Å²) in [7, 11) is 0. The van der Waals surface area contributed by atoms with Crippen molar-refractivity contribution in [3.8, 4) is 5.75 Å². The third-order valence-electron chi connectivity index (χ3n) is 3.71. The number of aryl methyl sites for hydroxylation is 1. The smallest absolute Gasteiger partial charge is 0.264 e. The molecule has 6 heteroatoms. The Kier molecular flexibility index (Phi) is 3.51. The quantitative estimate of drug-likeness (QED) is 0.797. The molecule has 0 fully saturated rings. The number of carbonyl (C=O) groups is 1. The Labute approximate surface area is 120 Å². The standard InChI is InChI=1S/C15H16N2O4/c18-13-10-5-1-2-6-11(10)17-15(20)12(13)14(19)16-8-9-4-3-7-21-9/h3-4,7H,1-2,5-6,8H2,(H,16,19)(H2,17,18,20). The van der Waals surface area contributed by atoms with E-state index in [9.17, 15) is 14.7 Å². The van der Waals surface area contributed by atoms with E-state index in [1.165, 1.54) is 6.26 Å². The molecule has 1 aliphatic rings. The number of aromatic amines is 1. The zero-order valence-corrected chi connectivity index (χ0v) is 11.4. The first-order valence-electron chi connectivity index (χ1n) is 6.94. The van der Waals surface area contributed by atoms with E-state index in [2.05, 4.69) is 10.3 Å². The Balaban J connectivity index is 1.87. The molecule has 0 aliphatic heterocycles. The second-order valence-corrected chi connectivity index (χ2v) is 5.10. The number of aromatic nitrogens is 1. The van der Waals surface area contributed by atoms with Crippen molar-refractivity contribution in [3.05, 3.63) is 51.3 Å². The SMILES string of the molecule is O=C(NCc1ccco1)c1c(O)c2c([nH]c1=O)CCCC2. The highest BCUT2D eigenvalue weighted by atomic mass is 16.3. The summed E-state index contributed by atoms with van der Waals surface area (Å²) in [4.78, 5) is 26.9. The van der Waals surface area contributed by atoms with Gasteiger partial charge in [-0.25, -0.2) is 0 Å². The maximum atomic E-state index is 12.1. The zero-order chi connectivity index (χ0) is 14.8. The second-order valence-electron chi connectivity index (χ2n) is 5.10. The number of amides is 1. The van der Waals surface area contributed by atoms with Gasteiger partial charge in [-0.2, -0.15) is 0 Å². The van der Waals surface area contributed by atoms with Crippen LogP contribution in [0, 0.1) is 0 Å². The van der Waals surface area contributed by atoms with E-state index in [1.54, 1.807) is 12.1 Å². The van der Waals surface area contributed by atoms with Crippen LogP contribution in [-0.4, -0.2) is 16.0 Å². The Hall–Kier alpha value is -2.50. The average Bonchev–Trinajstić information content (AvgIpc) is 2.98. The van der Waals surface area contributed by atoms with Crippen LogP contribution in [0.4, 0.5) is 0 Å². The number of rotatable bonds is 3. The van der Waals surface area contributed by atoms with Crippen molar-refractivity contribution in [1.82, 2.24) is 10.3 Å². The third kappa shape index (κ3) is 2.56. The number of hydrogen-bond donors (Lipinski definition) is 3. The highest BCUT2D eigenvalue weighted by molar-refractivity contribution is 5.96. The van der Waals surface area contributed by atoms with Crippen molar-refractivity contribution in [2.24, 2.45) is 0 Å². The van der Waals surface area contributed by atoms with E-state index >= 15 is 0 Å². The van der Waals surface area contributed by atoms with Crippen LogP contribution in [0.2, 0.25) is 0 Å². The Morgan fingerprint density at radius 2 is 2.19 bits per heavy atom. The molecule has 0 spiro atoms. The van der Waals surface area contributed by atoms with Gasteiger partial charge in [0.1, 0.15) is 17.1 Å². The van der Waals surface area contributed by atoms with Gasteiger partial charge in [0.05, 0.1) is 12.8 Å². The molecule has 0 radical (unpaired) electrons. The lowest BCUT2D eigenvalue weighted by molar-refractivity contribution is 0.0943. The van der Waals surface area contributed by atoms with E-state index in [4.69, 9.17) is 4.42 Å². The first-order valence-corrected chi connectivity index (χ1v) is 6.94. The van der Waals surface area contributed by atoms with Gasteiger partial charge in [0, 0.05) is 11.3 Å². The monoisotopic (exact) mass is 288 g/mol. The molecule has 0 saturated carbocycles. The summed E-state index contributed by atoms with van der Waals surface area (Å²) in [6.07, 6.45) is 4.83. The van der Waals surface area contributed by atoms with Gasteiger partial charge >= 0.3 is 0 Å². The highest BCUT2D eigenvalue weighted by Gasteiger charge is 2.23. The molecule has 3 N–H and O–H groups in total. The lowest BCUT2D eigenvalue weighted by Crippen LogP contribution is -2.31. The van der Waals surface area contributed by atoms with Crippen LogP contribution >= 0.6 is 0 Å². The summed E-state index contributed by atoms with van der Waals surface area (Å²) < 4.78 is 5.11. The fourth-order valence-electron chi connectivity index (χ4n) is 2.64. The second kappa shape index (κ2) is 5.47. The van der Waals surface area contributed by atoms with E-state index in [0.29, 0.717) is 17.7 Å². The number of pyridine rings is 1. The molecule has 3 rings (SSSR count). The molecule has 6 nitrogen and oxygen atoms in total. The van der Waals surface area contributed by atoms with Crippen molar-refractivity contribution >= 4 is 5.91 Å². The van der Waals surface area contributed by atoms with Gasteiger partial charge in [-0.15, -0.1) is 0 Å². The van der Waals surface area contributed by atoms with E-state index in [0.717, 1.165) is 25.0 Å².